The number of nitro groups is 1. The Morgan fingerprint density at radius 1 is 1.15 bits per heavy atom. The molecule has 134 valence electrons. The molecule has 2 aromatic carbocycles. The topological polar surface area (TPSA) is 81.2 Å². The molecule has 0 atom stereocenters. The van der Waals surface area contributed by atoms with Crippen molar-refractivity contribution in [3.05, 3.63) is 76.2 Å². The van der Waals surface area contributed by atoms with Gasteiger partial charge in [0.2, 0.25) is 5.89 Å². The molecule has 0 fully saturated rings. The molecular weight excluding hydrogens is 351 g/mol. The number of halogens is 3. The van der Waals surface area contributed by atoms with Crippen molar-refractivity contribution in [1.82, 2.24) is 4.98 Å². The molecule has 1 N–H and O–H groups in total. The minimum Gasteiger partial charge on any atom is -0.444 e. The van der Waals surface area contributed by atoms with Crippen LogP contribution in [0.4, 0.5) is 24.5 Å². The van der Waals surface area contributed by atoms with Crippen molar-refractivity contribution < 1.29 is 22.5 Å². The average Bonchev–Trinajstić information content (AvgIpc) is 3.08. The Balaban J connectivity index is 1.76. The molecule has 9 heteroatoms. The molecule has 0 aliphatic rings. The highest BCUT2D eigenvalue weighted by Crippen LogP contribution is 2.37. The number of anilines is 1. The van der Waals surface area contributed by atoms with Gasteiger partial charge in [-0.3, -0.25) is 10.1 Å². The van der Waals surface area contributed by atoms with Crippen molar-refractivity contribution in [2.24, 2.45) is 0 Å². The fourth-order valence-corrected chi connectivity index (χ4v) is 2.33. The van der Waals surface area contributed by atoms with E-state index in [1.807, 2.05) is 30.3 Å². The lowest BCUT2D eigenvalue weighted by molar-refractivity contribution is -0.388. The Hall–Kier alpha value is -3.36. The van der Waals surface area contributed by atoms with Gasteiger partial charge in [0.1, 0.15) is 11.8 Å². The van der Waals surface area contributed by atoms with E-state index in [1.54, 1.807) is 0 Å². The first-order chi connectivity index (χ1) is 12.3. The highest BCUT2D eigenvalue weighted by atomic mass is 19.4. The molecule has 0 bridgehead atoms. The van der Waals surface area contributed by atoms with E-state index < -0.39 is 22.4 Å². The van der Waals surface area contributed by atoms with Crippen LogP contribution >= 0.6 is 0 Å². The lowest BCUT2D eigenvalue weighted by atomic mass is 10.1. The summed E-state index contributed by atoms with van der Waals surface area (Å²) in [6.45, 7) is 0.103. The zero-order chi connectivity index (χ0) is 18.7. The number of rotatable bonds is 5. The summed E-state index contributed by atoms with van der Waals surface area (Å²) in [6, 6.07) is 11.9. The van der Waals surface area contributed by atoms with Crippen molar-refractivity contribution in [3.8, 4) is 11.5 Å². The normalized spacial score (nSPS) is 11.3. The zero-order valence-electron chi connectivity index (χ0n) is 13.2. The van der Waals surface area contributed by atoms with Crippen LogP contribution in [0.15, 0.2) is 59.2 Å². The van der Waals surface area contributed by atoms with Crippen molar-refractivity contribution in [2.45, 2.75) is 12.7 Å². The predicted octanol–water partition coefficient (Wildman–Crippen LogP) is 4.88. The van der Waals surface area contributed by atoms with Crippen LogP contribution in [0.1, 0.15) is 11.3 Å². The van der Waals surface area contributed by atoms with Crippen LogP contribution in [-0.4, -0.2) is 9.91 Å². The summed E-state index contributed by atoms with van der Waals surface area (Å²) < 4.78 is 44.3. The van der Waals surface area contributed by atoms with Gasteiger partial charge in [0, 0.05) is 17.3 Å². The smallest absolute Gasteiger partial charge is 0.423 e. The third kappa shape index (κ3) is 3.82. The fourth-order valence-electron chi connectivity index (χ4n) is 2.33. The van der Waals surface area contributed by atoms with Crippen molar-refractivity contribution >= 4 is 11.4 Å². The van der Waals surface area contributed by atoms with Gasteiger partial charge in [-0.05, 0) is 24.3 Å². The van der Waals surface area contributed by atoms with E-state index in [1.165, 1.54) is 12.3 Å². The number of nitrogens with zero attached hydrogens (tertiary/aromatic N) is 2. The van der Waals surface area contributed by atoms with Crippen molar-refractivity contribution in [3.63, 3.8) is 0 Å². The standard InChI is InChI=1S/C17H12F3N3O3/c18-17(19,20)14-8-12(6-7-15(14)23(24)25)21-9-13-10-26-16(22-13)11-4-2-1-3-5-11/h1-8,10,21H,9H2. The maximum atomic E-state index is 13.0. The first kappa shape index (κ1) is 17.5. The molecule has 0 spiro atoms. The third-order valence-electron chi connectivity index (χ3n) is 3.54. The maximum absolute atomic E-state index is 13.0. The molecule has 3 rings (SSSR count). The third-order valence-corrected chi connectivity index (χ3v) is 3.54. The molecular formula is C17H12F3N3O3. The van der Waals surface area contributed by atoms with E-state index in [0.717, 1.165) is 11.6 Å². The number of alkyl halides is 3. The van der Waals surface area contributed by atoms with E-state index in [0.29, 0.717) is 17.7 Å². The Kier molecular flexibility index (Phi) is 4.61. The SMILES string of the molecule is O=[N+]([O-])c1ccc(NCc2coc(-c3ccccc3)n2)cc1C(F)(F)F. The Morgan fingerprint density at radius 2 is 1.88 bits per heavy atom. The molecule has 26 heavy (non-hydrogen) atoms. The largest absolute Gasteiger partial charge is 0.444 e. The Labute approximate surface area is 145 Å². The van der Waals surface area contributed by atoms with Gasteiger partial charge >= 0.3 is 6.18 Å². The molecule has 0 amide bonds. The van der Waals surface area contributed by atoms with E-state index in [4.69, 9.17) is 4.42 Å². The minimum absolute atomic E-state index is 0.0900. The molecule has 0 aliphatic carbocycles. The van der Waals surface area contributed by atoms with Gasteiger partial charge in [0.15, 0.2) is 0 Å². The summed E-state index contributed by atoms with van der Waals surface area (Å²) in [5.41, 5.74) is -0.954. The molecule has 0 aliphatic heterocycles. The summed E-state index contributed by atoms with van der Waals surface area (Å²) in [5.74, 6) is 0.391. The van der Waals surface area contributed by atoms with E-state index >= 15 is 0 Å². The molecule has 6 nitrogen and oxygen atoms in total. The van der Waals surface area contributed by atoms with Gasteiger partial charge in [0.25, 0.3) is 5.69 Å². The van der Waals surface area contributed by atoms with Crippen LogP contribution in [0, 0.1) is 10.1 Å². The fraction of sp³-hybridized carbons (Fsp3) is 0.118. The number of nitrogens with one attached hydrogen (secondary N) is 1. The molecule has 1 heterocycles. The monoisotopic (exact) mass is 363 g/mol. The number of hydrogen-bond acceptors (Lipinski definition) is 5. The van der Waals surface area contributed by atoms with Crippen LogP contribution in [-0.2, 0) is 12.7 Å². The second-order valence-electron chi connectivity index (χ2n) is 5.35. The lowest BCUT2D eigenvalue weighted by Crippen LogP contribution is -2.10. The highest BCUT2D eigenvalue weighted by molar-refractivity contribution is 5.56. The second kappa shape index (κ2) is 6.87. The van der Waals surface area contributed by atoms with E-state index in [9.17, 15) is 23.3 Å². The van der Waals surface area contributed by atoms with Crippen LogP contribution < -0.4 is 5.32 Å². The number of oxazole rings is 1. The first-order valence-corrected chi connectivity index (χ1v) is 7.44. The van der Waals surface area contributed by atoms with E-state index in [-0.39, 0.29) is 12.2 Å². The van der Waals surface area contributed by atoms with Crippen molar-refractivity contribution in [1.29, 1.82) is 0 Å². The Bertz CT molecular complexity index is 924. The summed E-state index contributed by atoms with van der Waals surface area (Å²) in [7, 11) is 0. The molecule has 0 saturated carbocycles. The number of hydrogen-bond donors (Lipinski definition) is 1. The summed E-state index contributed by atoms with van der Waals surface area (Å²) >= 11 is 0. The van der Waals surface area contributed by atoms with Gasteiger partial charge < -0.3 is 9.73 Å². The van der Waals surface area contributed by atoms with Crippen LogP contribution in [0.2, 0.25) is 0 Å². The van der Waals surface area contributed by atoms with Gasteiger partial charge in [-0.2, -0.15) is 13.2 Å². The van der Waals surface area contributed by atoms with Gasteiger partial charge in [-0.15, -0.1) is 0 Å². The first-order valence-electron chi connectivity index (χ1n) is 7.44. The van der Waals surface area contributed by atoms with E-state index in [2.05, 4.69) is 10.3 Å². The molecule has 0 unspecified atom stereocenters. The summed E-state index contributed by atoms with van der Waals surface area (Å²) in [6.07, 6.45) is -3.43. The summed E-state index contributed by atoms with van der Waals surface area (Å²) in [4.78, 5) is 14.0. The van der Waals surface area contributed by atoms with Crippen LogP contribution in [0.25, 0.3) is 11.5 Å². The number of nitro benzene ring substituents is 1. The number of aromatic nitrogens is 1. The molecule has 3 aromatic rings. The van der Waals surface area contributed by atoms with Crippen molar-refractivity contribution in [2.75, 3.05) is 5.32 Å². The molecule has 0 saturated heterocycles. The molecule has 1 aromatic heterocycles. The quantitative estimate of drug-likeness (QED) is 0.516. The Morgan fingerprint density at radius 3 is 2.54 bits per heavy atom. The molecule has 0 radical (unpaired) electrons. The highest BCUT2D eigenvalue weighted by Gasteiger charge is 2.38. The van der Waals surface area contributed by atoms with Gasteiger partial charge in [0.05, 0.1) is 17.2 Å². The predicted molar refractivity (Wildman–Crippen MR) is 87.4 cm³/mol. The summed E-state index contributed by atoms with van der Waals surface area (Å²) in [5, 5.41) is 13.5. The average molecular weight is 363 g/mol. The van der Waals surface area contributed by atoms with Gasteiger partial charge in [-0.25, -0.2) is 4.98 Å². The van der Waals surface area contributed by atoms with Crippen LogP contribution in [0.3, 0.4) is 0 Å². The second-order valence-corrected chi connectivity index (χ2v) is 5.35. The zero-order valence-corrected chi connectivity index (χ0v) is 13.2. The number of benzene rings is 2. The maximum Gasteiger partial charge on any atom is 0.423 e. The minimum atomic E-state index is -4.82. The van der Waals surface area contributed by atoms with Crippen LogP contribution in [0.5, 0.6) is 0 Å². The van der Waals surface area contributed by atoms with Gasteiger partial charge in [-0.1, -0.05) is 18.2 Å². The lowest BCUT2D eigenvalue weighted by Gasteiger charge is -2.10.